The van der Waals surface area contributed by atoms with Crippen LogP contribution in [0.5, 0.6) is 0 Å². The van der Waals surface area contributed by atoms with Crippen molar-refractivity contribution in [1.29, 1.82) is 0 Å². The minimum absolute atomic E-state index is 0. The van der Waals surface area contributed by atoms with Gasteiger partial charge in [0.1, 0.15) is 5.69 Å². The summed E-state index contributed by atoms with van der Waals surface area (Å²) >= 11 is 3.19. The first-order valence-corrected chi connectivity index (χ1v) is 9.29. The van der Waals surface area contributed by atoms with E-state index in [1.165, 1.54) is 29.2 Å². The molecule has 8 heteroatoms. The summed E-state index contributed by atoms with van der Waals surface area (Å²) in [6.45, 7) is 0.542. The largest absolute Gasteiger partial charge is 0.330 e. The average molecular weight is 381 g/mol. The van der Waals surface area contributed by atoms with Crippen molar-refractivity contribution in [3.05, 3.63) is 39.3 Å². The Kier molecular flexibility index (Phi) is 5.15. The highest BCUT2D eigenvalue weighted by Crippen LogP contribution is 2.43. The fraction of sp³-hybridized carbons (Fsp3) is 0.312. The van der Waals surface area contributed by atoms with Gasteiger partial charge in [-0.1, -0.05) is 0 Å². The van der Waals surface area contributed by atoms with E-state index in [9.17, 15) is 4.79 Å². The molecule has 1 aliphatic rings. The van der Waals surface area contributed by atoms with E-state index in [1.807, 2.05) is 18.2 Å². The number of rotatable bonds is 5. The second-order valence-corrected chi connectivity index (χ2v) is 7.63. The van der Waals surface area contributed by atoms with Crippen molar-refractivity contribution in [3.63, 3.8) is 0 Å². The Morgan fingerprint density at radius 1 is 1.33 bits per heavy atom. The first kappa shape index (κ1) is 17.3. The third-order valence-corrected chi connectivity index (χ3v) is 5.82. The van der Waals surface area contributed by atoms with Crippen LogP contribution in [-0.4, -0.2) is 22.4 Å². The molecule has 1 fully saturated rings. The van der Waals surface area contributed by atoms with Crippen molar-refractivity contribution >= 4 is 56.9 Å². The van der Waals surface area contributed by atoms with E-state index in [1.54, 1.807) is 16.7 Å². The van der Waals surface area contributed by atoms with Crippen LogP contribution in [0.25, 0.3) is 10.2 Å². The number of halogens is 1. The zero-order valence-electron chi connectivity index (χ0n) is 12.8. The highest BCUT2D eigenvalue weighted by atomic mass is 35.5. The smallest absolute Gasteiger partial charge is 0.275 e. The van der Waals surface area contributed by atoms with Gasteiger partial charge in [-0.25, -0.2) is 9.97 Å². The number of thiazole rings is 2. The molecule has 1 aliphatic carbocycles. The molecule has 0 radical (unpaired) electrons. The standard InChI is InChI=1S/C16H16N4OS2.ClH/c17-6-5-14-19-12(8-22-14)15(21)18-10-3-4-11-13(7-10)23-16(20-11)9-1-2-9;/h3-4,7-9H,1-2,5-6,17H2,(H,18,21);1H. The van der Waals surface area contributed by atoms with E-state index < -0.39 is 0 Å². The third kappa shape index (κ3) is 3.59. The number of nitrogens with one attached hydrogen (secondary N) is 1. The number of fused-ring (bicyclic) bond motifs is 1. The molecule has 126 valence electrons. The fourth-order valence-corrected chi connectivity index (χ4v) is 4.34. The topological polar surface area (TPSA) is 80.9 Å². The molecule has 2 aromatic heterocycles. The summed E-state index contributed by atoms with van der Waals surface area (Å²) in [5.74, 6) is 0.470. The van der Waals surface area contributed by atoms with Gasteiger partial charge in [0.2, 0.25) is 0 Å². The number of carbonyl (C=O) groups excluding carboxylic acids is 1. The van der Waals surface area contributed by atoms with Crippen LogP contribution in [0, 0.1) is 0 Å². The maximum Gasteiger partial charge on any atom is 0.275 e. The number of nitrogens with two attached hydrogens (primary N) is 1. The van der Waals surface area contributed by atoms with E-state index in [0.29, 0.717) is 24.6 Å². The zero-order chi connectivity index (χ0) is 15.8. The lowest BCUT2D eigenvalue weighted by Crippen LogP contribution is -2.12. The Hall–Kier alpha value is -1.54. The molecule has 0 aliphatic heterocycles. The molecular formula is C16H17ClN4OS2. The summed E-state index contributed by atoms with van der Waals surface area (Å²) in [4.78, 5) is 21.3. The van der Waals surface area contributed by atoms with Gasteiger partial charge in [-0.15, -0.1) is 35.1 Å². The van der Waals surface area contributed by atoms with Crippen molar-refractivity contribution in [2.45, 2.75) is 25.2 Å². The zero-order valence-corrected chi connectivity index (χ0v) is 15.3. The molecule has 1 saturated carbocycles. The summed E-state index contributed by atoms with van der Waals surface area (Å²) in [6.07, 6.45) is 3.20. The van der Waals surface area contributed by atoms with Gasteiger partial charge < -0.3 is 11.1 Å². The number of anilines is 1. The Morgan fingerprint density at radius 2 is 2.17 bits per heavy atom. The Bertz CT molecular complexity index is 872. The van der Waals surface area contributed by atoms with Crippen LogP contribution >= 0.6 is 35.1 Å². The normalized spacial score (nSPS) is 13.7. The van der Waals surface area contributed by atoms with E-state index in [-0.39, 0.29) is 18.3 Å². The van der Waals surface area contributed by atoms with Gasteiger partial charge in [0.25, 0.3) is 5.91 Å². The van der Waals surface area contributed by atoms with Crippen LogP contribution in [0.1, 0.15) is 39.3 Å². The molecule has 1 aromatic carbocycles. The van der Waals surface area contributed by atoms with Gasteiger partial charge >= 0.3 is 0 Å². The molecule has 2 heterocycles. The van der Waals surface area contributed by atoms with Crippen LogP contribution in [-0.2, 0) is 6.42 Å². The third-order valence-electron chi connectivity index (χ3n) is 3.73. The number of carbonyl (C=O) groups is 1. The summed E-state index contributed by atoms with van der Waals surface area (Å²) in [6, 6.07) is 5.85. The lowest BCUT2D eigenvalue weighted by molar-refractivity contribution is 0.102. The number of nitrogens with zero attached hydrogens (tertiary/aromatic N) is 2. The predicted molar refractivity (Wildman–Crippen MR) is 102 cm³/mol. The van der Waals surface area contributed by atoms with Gasteiger partial charge in [-0.3, -0.25) is 4.79 Å². The van der Waals surface area contributed by atoms with E-state index in [2.05, 4.69) is 15.3 Å². The second kappa shape index (κ2) is 7.14. The molecule has 1 amide bonds. The van der Waals surface area contributed by atoms with E-state index >= 15 is 0 Å². The Labute approximate surface area is 153 Å². The van der Waals surface area contributed by atoms with Crippen molar-refractivity contribution in [2.24, 2.45) is 5.73 Å². The Balaban J connectivity index is 0.00000169. The van der Waals surface area contributed by atoms with E-state index in [0.717, 1.165) is 20.9 Å². The fourth-order valence-electron chi connectivity index (χ4n) is 2.37. The number of hydrogen-bond acceptors (Lipinski definition) is 6. The Morgan fingerprint density at radius 3 is 2.92 bits per heavy atom. The molecule has 4 rings (SSSR count). The summed E-state index contributed by atoms with van der Waals surface area (Å²) in [5.41, 5.74) is 7.74. The minimum atomic E-state index is -0.184. The SMILES string of the molecule is Cl.NCCc1nc(C(=O)Nc2ccc3nc(C4CC4)sc3c2)cs1. The molecule has 3 aromatic rings. The molecular weight excluding hydrogens is 364 g/mol. The quantitative estimate of drug-likeness (QED) is 0.705. The van der Waals surface area contributed by atoms with Crippen molar-refractivity contribution in [1.82, 2.24) is 9.97 Å². The maximum absolute atomic E-state index is 12.3. The first-order valence-electron chi connectivity index (χ1n) is 7.59. The molecule has 24 heavy (non-hydrogen) atoms. The highest BCUT2D eigenvalue weighted by Gasteiger charge is 2.27. The van der Waals surface area contributed by atoms with Gasteiger partial charge in [-0.2, -0.15) is 0 Å². The summed E-state index contributed by atoms with van der Waals surface area (Å²) in [7, 11) is 0. The van der Waals surface area contributed by atoms with E-state index in [4.69, 9.17) is 5.73 Å². The monoisotopic (exact) mass is 380 g/mol. The van der Waals surface area contributed by atoms with Gasteiger partial charge in [0.05, 0.1) is 20.2 Å². The molecule has 5 nitrogen and oxygen atoms in total. The maximum atomic E-state index is 12.3. The van der Waals surface area contributed by atoms with Crippen LogP contribution in [0.2, 0.25) is 0 Å². The van der Waals surface area contributed by atoms with Crippen molar-refractivity contribution < 1.29 is 4.79 Å². The molecule has 0 saturated heterocycles. The average Bonchev–Trinajstić information content (AvgIpc) is 3.13. The van der Waals surface area contributed by atoms with Gasteiger partial charge in [0.15, 0.2) is 0 Å². The van der Waals surface area contributed by atoms with Crippen LogP contribution in [0.3, 0.4) is 0 Å². The van der Waals surface area contributed by atoms with Gasteiger partial charge in [0, 0.05) is 23.4 Å². The molecule has 0 spiro atoms. The number of amides is 1. The lowest BCUT2D eigenvalue weighted by atomic mass is 10.3. The number of hydrogen-bond donors (Lipinski definition) is 2. The van der Waals surface area contributed by atoms with Crippen molar-refractivity contribution in [3.8, 4) is 0 Å². The van der Waals surface area contributed by atoms with Crippen LogP contribution in [0.4, 0.5) is 5.69 Å². The number of aromatic nitrogens is 2. The second-order valence-electron chi connectivity index (χ2n) is 5.63. The molecule has 0 unspecified atom stereocenters. The molecule has 0 bridgehead atoms. The number of benzene rings is 1. The minimum Gasteiger partial charge on any atom is -0.330 e. The predicted octanol–water partition coefficient (Wildman–Crippen LogP) is 3.81. The highest BCUT2D eigenvalue weighted by molar-refractivity contribution is 7.18. The molecule has 3 N–H and O–H groups in total. The van der Waals surface area contributed by atoms with Crippen LogP contribution in [0.15, 0.2) is 23.6 Å². The van der Waals surface area contributed by atoms with Crippen molar-refractivity contribution in [2.75, 3.05) is 11.9 Å². The molecule has 0 atom stereocenters. The van der Waals surface area contributed by atoms with Gasteiger partial charge in [-0.05, 0) is 37.6 Å². The summed E-state index contributed by atoms with van der Waals surface area (Å²) in [5, 5.41) is 6.80. The summed E-state index contributed by atoms with van der Waals surface area (Å²) < 4.78 is 1.12. The van der Waals surface area contributed by atoms with Crippen LogP contribution < -0.4 is 11.1 Å². The lowest BCUT2D eigenvalue weighted by Gasteiger charge is -2.02. The first-order chi connectivity index (χ1) is 11.2.